The molecule has 0 aliphatic rings. The van der Waals surface area contributed by atoms with Gasteiger partial charge in [-0.05, 0) is 55.3 Å². The van der Waals surface area contributed by atoms with Gasteiger partial charge in [-0.25, -0.2) is 0 Å². The molecular formula is C17H19Cl2NS. The lowest BCUT2D eigenvalue weighted by Crippen LogP contribution is -2.13. The van der Waals surface area contributed by atoms with Crippen LogP contribution in [0.2, 0.25) is 10.0 Å². The molecule has 0 amide bonds. The summed E-state index contributed by atoms with van der Waals surface area (Å²) in [5, 5.41) is 4.61. The lowest BCUT2D eigenvalue weighted by Gasteiger charge is -2.09. The van der Waals surface area contributed by atoms with Crippen molar-refractivity contribution in [3.63, 3.8) is 0 Å². The number of nitrogens with one attached hydrogen (secondary N) is 1. The molecule has 21 heavy (non-hydrogen) atoms. The van der Waals surface area contributed by atoms with Crippen LogP contribution in [0.1, 0.15) is 24.5 Å². The molecule has 0 aliphatic heterocycles. The molecule has 0 aromatic heterocycles. The molecule has 0 saturated heterocycles. The molecule has 2 aromatic carbocycles. The summed E-state index contributed by atoms with van der Waals surface area (Å²) in [5.41, 5.74) is 2.60. The van der Waals surface area contributed by atoms with Crippen molar-refractivity contribution in [3.8, 4) is 0 Å². The number of hydrogen-bond donors (Lipinski definition) is 1. The summed E-state index contributed by atoms with van der Waals surface area (Å²) in [5.74, 6) is 0. The normalized spacial score (nSPS) is 10.9. The van der Waals surface area contributed by atoms with E-state index in [1.165, 1.54) is 16.0 Å². The Morgan fingerprint density at radius 2 is 1.86 bits per heavy atom. The van der Waals surface area contributed by atoms with Crippen LogP contribution in [0, 0.1) is 6.92 Å². The predicted molar refractivity (Wildman–Crippen MR) is 93.8 cm³/mol. The maximum Gasteiger partial charge on any atom is 0.0603 e. The molecule has 0 spiro atoms. The average molecular weight is 340 g/mol. The minimum absolute atomic E-state index is 0.593. The third-order valence-electron chi connectivity index (χ3n) is 3.11. The van der Waals surface area contributed by atoms with E-state index in [1.54, 1.807) is 11.8 Å². The van der Waals surface area contributed by atoms with E-state index in [2.05, 4.69) is 37.4 Å². The fourth-order valence-electron chi connectivity index (χ4n) is 2.01. The first-order chi connectivity index (χ1) is 10.1. The van der Waals surface area contributed by atoms with E-state index in [1.807, 2.05) is 18.2 Å². The van der Waals surface area contributed by atoms with Gasteiger partial charge in [-0.15, -0.1) is 0 Å². The molecule has 0 heterocycles. The molecule has 0 bridgehead atoms. The number of rotatable bonds is 6. The molecule has 0 aliphatic carbocycles. The van der Waals surface area contributed by atoms with Crippen molar-refractivity contribution in [2.75, 3.05) is 6.54 Å². The van der Waals surface area contributed by atoms with Crippen LogP contribution in [0.4, 0.5) is 0 Å². The Balaban J connectivity index is 2.08. The van der Waals surface area contributed by atoms with Gasteiger partial charge in [0.2, 0.25) is 0 Å². The number of halogens is 2. The Morgan fingerprint density at radius 1 is 1.05 bits per heavy atom. The smallest absolute Gasteiger partial charge is 0.0603 e. The zero-order chi connectivity index (χ0) is 15.2. The largest absolute Gasteiger partial charge is 0.313 e. The standard InChI is InChI=1S/C17H19Cl2NS/c1-3-8-20-11-13-4-7-17(12(2)9-13)21-14-5-6-15(18)16(19)10-14/h4-7,9-10,20H,3,8,11H2,1-2H3. The van der Waals surface area contributed by atoms with Crippen LogP contribution < -0.4 is 5.32 Å². The van der Waals surface area contributed by atoms with Gasteiger partial charge >= 0.3 is 0 Å². The molecule has 1 nitrogen and oxygen atoms in total. The molecule has 0 saturated carbocycles. The Morgan fingerprint density at radius 3 is 2.52 bits per heavy atom. The third kappa shape index (κ3) is 4.93. The second kappa shape index (κ2) is 8.09. The Hall–Kier alpha value is -0.670. The van der Waals surface area contributed by atoms with Crippen molar-refractivity contribution < 1.29 is 0 Å². The van der Waals surface area contributed by atoms with E-state index in [9.17, 15) is 0 Å². The summed E-state index contributed by atoms with van der Waals surface area (Å²) in [6.07, 6.45) is 1.16. The van der Waals surface area contributed by atoms with Gasteiger partial charge in [0, 0.05) is 16.3 Å². The van der Waals surface area contributed by atoms with Gasteiger partial charge in [-0.2, -0.15) is 0 Å². The topological polar surface area (TPSA) is 12.0 Å². The van der Waals surface area contributed by atoms with E-state index in [4.69, 9.17) is 23.2 Å². The fraction of sp³-hybridized carbons (Fsp3) is 0.294. The summed E-state index contributed by atoms with van der Waals surface area (Å²) in [6, 6.07) is 12.3. The molecule has 1 N–H and O–H groups in total. The highest BCUT2D eigenvalue weighted by atomic mass is 35.5. The van der Waals surface area contributed by atoms with Gasteiger partial charge in [-0.1, -0.05) is 54.0 Å². The minimum Gasteiger partial charge on any atom is -0.313 e. The molecule has 4 heteroatoms. The number of aryl methyl sites for hydroxylation is 1. The number of hydrogen-bond acceptors (Lipinski definition) is 2. The second-order valence-electron chi connectivity index (χ2n) is 4.95. The summed E-state index contributed by atoms with van der Waals surface area (Å²) >= 11 is 13.7. The van der Waals surface area contributed by atoms with Crippen LogP contribution in [0.3, 0.4) is 0 Å². The van der Waals surface area contributed by atoms with Gasteiger partial charge in [0.05, 0.1) is 10.0 Å². The minimum atomic E-state index is 0.593. The highest BCUT2D eigenvalue weighted by Gasteiger charge is 2.05. The molecule has 0 atom stereocenters. The maximum absolute atomic E-state index is 6.06. The van der Waals surface area contributed by atoms with Gasteiger partial charge < -0.3 is 5.32 Å². The van der Waals surface area contributed by atoms with E-state index in [0.717, 1.165) is 24.4 Å². The summed E-state index contributed by atoms with van der Waals surface area (Å²) in [6.45, 7) is 6.30. The van der Waals surface area contributed by atoms with Crippen molar-refractivity contribution in [2.45, 2.75) is 36.6 Å². The first-order valence-corrected chi connectivity index (χ1v) is 8.60. The SMILES string of the molecule is CCCNCc1ccc(Sc2ccc(Cl)c(Cl)c2)c(C)c1. The van der Waals surface area contributed by atoms with Crippen LogP contribution in [0.15, 0.2) is 46.2 Å². The van der Waals surface area contributed by atoms with Crippen LogP contribution in [-0.4, -0.2) is 6.54 Å². The van der Waals surface area contributed by atoms with Crippen LogP contribution in [0.5, 0.6) is 0 Å². The molecule has 2 aromatic rings. The van der Waals surface area contributed by atoms with E-state index in [-0.39, 0.29) is 0 Å². The zero-order valence-electron chi connectivity index (χ0n) is 12.2. The Labute approximate surface area is 141 Å². The maximum atomic E-state index is 6.06. The Bertz CT molecular complexity index is 614. The molecule has 0 fully saturated rings. The van der Waals surface area contributed by atoms with Crippen molar-refractivity contribution in [1.29, 1.82) is 0 Å². The molecular weight excluding hydrogens is 321 g/mol. The van der Waals surface area contributed by atoms with Crippen molar-refractivity contribution in [1.82, 2.24) is 5.32 Å². The van der Waals surface area contributed by atoms with Crippen molar-refractivity contribution >= 4 is 35.0 Å². The molecule has 112 valence electrons. The van der Waals surface area contributed by atoms with Crippen LogP contribution in [-0.2, 0) is 6.54 Å². The lowest BCUT2D eigenvalue weighted by atomic mass is 10.1. The van der Waals surface area contributed by atoms with Gasteiger partial charge in [-0.3, -0.25) is 0 Å². The van der Waals surface area contributed by atoms with Crippen LogP contribution in [0.25, 0.3) is 0 Å². The zero-order valence-corrected chi connectivity index (χ0v) is 14.6. The highest BCUT2D eigenvalue weighted by Crippen LogP contribution is 2.34. The monoisotopic (exact) mass is 339 g/mol. The first-order valence-electron chi connectivity index (χ1n) is 7.03. The van der Waals surface area contributed by atoms with Gasteiger partial charge in [0.1, 0.15) is 0 Å². The summed E-state index contributed by atoms with van der Waals surface area (Å²) < 4.78 is 0. The summed E-state index contributed by atoms with van der Waals surface area (Å²) in [4.78, 5) is 2.34. The van der Waals surface area contributed by atoms with Crippen molar-refractivity contribution in [3.05, 3.63) is 57.6 Å². The fourth-order valence-corrected chi connectivity index (χ4v) is 3.30. The Kier molecular flexibility index (Phi) is 6.43. The van der Waals surface area contributed by atoms with E-state index >= 15 is 0 Å². The molecule has 2 rings (SSSR count). The second-order valence-corrected chi connectivity index (χ2v) is 6.88. The quantitative estimate of drug-likeness (QED) is 0.652. The molecule has 0 unspecified atom stereocenters. The van der Waals surface area contributed by atoms with E-state index in [0.29, 0.717) is 10.0 Å². The molecule has 0 radical (unpaired) electrons. The first kappa shape index (κ1) is 16.7. The third-order valence-corrected chi connectivity index (χ3v) is 5.02. The van der Waals surface area contributed by atoms with Crippen molar-refractivity contribution in [2.24, 2.45) is 0 Å². The average Bonchev–Trinajstić information content (AvgIpc) is 2.46. The van der Waals surface area contributed by atoms with Crippen LogP contribution >= 0.6 is 35.0 Å². The lowest BCUT2D eigenvalue weighted by molar-refractivity contribution is 0.675. The summed E-state index contributed by atoms with van der Waals surface area (Å²) in [7, 11) is 0. The van der Waals surface area contributed by atoms with Gasteiger partial charge in [0.25, 0.3) is 0 Å². The van der Waals surface area contributed by atoms with E-state index < -0.39 is 0 Å². The van der Waals surface area contributed by atoms with Gasteiger partial charge in [0.15, 0.2) is 0 Å². The number of benzene rings is 2. The predicted octanol–water partition coefficient (Wildman–Crippen LogP) is 5.95. The highest BCUT2D eigenvalue weighted by molar-refractivity contribution is 7.99.